The highest BCUT2D eigenvalue weighted by Crippen LogP contribution is 2.26. The van der Waals surface area contributed by atoms with E-state index in [2.05, 4.69) is 5.10 Å². The Kier molecular flexibility index (Phi) is 4.11. The molecule has 0 bridgehead atoms. The van der Waals surface area contributed by atoms with E-state index in [9.17, 15) is 18.0 Å². The van der Waals surface area contributed by atoms with Gasteiger partial charge in [-0.05, 0) is 0 Å². The van der Waals surface area contributed by atoms with Crippen LogP contribution in [0.15, 0.2) is 16.9 Å². The van der Waals surface area contributed by atoms with Gasteiger partial charge < -0.3 is 10.5 Å². The summed E-state index contributed by atoms with van der Waals surface area (Å²) < 4.78 is 42.8. The largest absolute Gasteiger partial charge is 0.480 e. The van der Waals surface area contributed by atoms with E-state index in [1.165, 1.54) is 13.2 Å². The number of rotatable bonds is 4. The maximum atomic E-state index is 12.5. The van der Waals surface area contributed by atoms with E-state index in [0.717, 1.165) is 6.07 Å². The van der Waals surface area contributed by atoms with Gasteiger partial charge in [-0.15, -0.1) is 5.10 Å². The molecule has 1 unspecified atom stereocenters. The summed E-state index contributed by atoms with van der Waals surface area (Å²) in [6, 6.07) is 2.37. The van der Waals surface area contributed by atoms with Crippen molar-refractivity contribution >= 4 is 0 Å². The number of halogens is 3. The second kappa shape index (κ2) is 5.17. The number of aromatic nitrogens is 2. The molecule has 0 saturated carbocycles. The third-order valence-corrected chi connectivity index (χ3v) is 2.19. The molecule has 1 atom stereocenters. The Hall–Kier alpha value is -1.57. The molecular weight excluding hydrogens is 239 g/mol. The molecule has 5 nitrogen and oxygen atoms in total. The molecule has 0 spiro atoms. The second-order valence-electron chi connectivity index (χ2n) is 3.37. The van der Waals surface area contributed by atoms with E-state index < -0.39 is 30.7 Å². The minimum atomic E-state index is -4.46. The van der Waals surface area contributed by atoms with Gasteiger partial charge in [0.1, 0.15) is 0 Å². The lowest BCUT2D eigenvalue weighted by Crippen LogP contribution is -2.37. The van der Waals surface area contributed by atoms with Crippen LogP contribution < -0.4 is 16.0 Å². The number of ether oxygens (including phenoxy) is 1. The minimum absolute atomic E-state index is 0.0718. The smallest absolute Gasteiger partial charge is 0.394 e. The standard InChI is InChI=1S/C9H12F3N3O2/c1-17-7-2-3-8(16)15(14-7)5-6(4-13)9(10,11)12/h2-3,6H,4-5,13H2,1H3. The van der Waals surface area contributed by atoms with E-state index in [0.29, 0.717) is 4.68 Å². The predicted molar refractivity (Wildman–Crippen MR) is 53.6 cm³/mol. The van der Waals surface area contributed by atoms with E-state index in [-0.39, 0.29) is 5.88 Å². The molecule has 1 rings (SSSR count). The lowest BCUT2D eigenvalue weighted by atomic mass is 10.1. The zero-order chi connectivity index (χ0) is 13.1. The monoisotopic (exact) mass is 251 g/mol. The van der Waals surface area contributed by atoms with Gasteiger partial charge in [0.15, 0.2) is 0 Å². The topological polar surface area (TPSA) is 70.1 Å². The fourth-order valence-electron chi connectivity index (χ4n) is 1.19. The molecule has 1 aromatic heterocycles. The average Bonchev–Trinajstić information content (AvgIpc) is 2.26. The highest BCUT2D eigenvalue weighted by molar-refractivity contribution is 5.06. The Morgan fingerprint density at radius 3 is 2.65 bits per heavy atom. The van der Waals surface area contributed by atoms with Gasteiger partial charge in [-0.1, -0.05) is 0 Å². The van der Waals surface area contributed by atoms with Gasteiger partial charge in [-0.2, -0.15) is 13.2 Å². The van der Waals surface area contributed by atoms with Gasteiger partial charge in [0.2, 0.25) is 5.88 Å². The Balaban J connectivity index is 2.97. The molecule has 0 aliphatic heterocycles. The summed E-state index contributed by atoms with van der Waals surface area (Å²) in [5.41, 5.74) is 4.40. The first-order chi connectivity index (χ1) is 7.88. The first-order valence-corrected chi connectivity index (χ1v) is 4.77. The van der Waals surface area contributed by atoms with Crippen LogP contribution in [0.1, 0.15) is 0 Å². The first kappa shape index (κ1) is 13.5. The average molecular weight is 251 g/mol. The second-order valence-corrected chi connectivity index (χ2v) is 3.37. The molecular formula is C9H12F3N3O2. The molecule has 0 aliphatic rings. The lowest BCUT2D eigenvalue weighted by Gasteiger charge is -2.18. The Labute approximate surface area is 95.0 Å². The summed E-state index contributed by atoms with van der Waals surface area (Å²) in [6.07, 6.45) is -4.46. The van der Waals surface area contributed by atoms with Crippen LogP contribution in [-0.4, -0.2) is 29.6 Å². The number of nitrogens with zero attached hydrogens (tertiary/aromatic N) is 2. The van der Waals surface area contributed by atoms with Gasteiger partial charge in [0.05, 0.1) is 19.6 Å². The van der Waals surface area contributed by atoms with E-state index in [1.807, 2.05) is 0 Å². The molecule has 2 N–H and O–H groups in total. The van der Waals surface area contributed by atoms with Crippen molar-refractivity contribution < 1.29 is 17.9 Å². The number of methoxy groups -OCH3 is 1. The lowest BCUT2D eigenvalue weighted by molar-refractivity contribution is -0.175. The summed E-state index contributed by atoms with van der Waals surface area (Å²) in [5, 5.41) is 3.62. The minimum Gasteiger partial charge on any atom is -0.480 e. The van der Waals surface area contributed by atoms with E-state index >= 15 is 0 Å². The Bertz CT molecular complexity index is 430. The van der Waals surface area contributed by atoms with Crippen molar-refractivity contribution in [2.24, 2.45) is 11.7 Å². The van der Waals surface area contributed by atoms with Gasteiger partial charge in [-0.3, -0.25) is 4.79 Å². The first-order valence-electron chi connectivity index (χ1n) is 4.77. The molecule has 96 valence electrons. The van der Waals surface area contributed by atoms with Crippen LogP contribution in [0.25, 0.3) is 0 Å². The molecule has 1 heterocycles. The number of alkyl halides is 3. The molecule has 0 amide bonds. The zero-order valence-electron chi connectivity index (χ0n) is 9.07. The van der Waals surface area contributed by atoms with Crippen LogP contribution in [0, 0.1) is 5.92 Å². The van der Waals surface area contributed by atoms with Gasteiger partial charge >= 0.3 is 6.18 Å². The summed E-state index contributed by atoms with van der Waals surface area (Å²) >= 11 is 0. The van der Waals surface area contributed by atoms with Gasteiger partial charge in [0, 0.05) is 18.7 Å². The third kappa shape index (κ3) is 3.45. The van der Waals surface area contributed by atoms with Gasteiger partial charge in [-0.25, -0.2) is 4.68 Å². The maximum absolute atomic E-state index is 12.5. The molecule has 17 heavy (non-hydrogen) atoms. The van der Waals surface area contributed by atoms with Crippen molar-refractivity contribution in [2.75, 3.05) is 13.7 Å². The quantitative estimate of drug-likeness (QED) is 0.840. The normalized spacial score (nSPS) is 13.5. The van der Waals surface area contributed by atoms with Gasteiger partial charge in [0.25, 0.3) is 5.56 Å². The number of hydrogen-bond acceptors (Lipinski definition) is 4. The van der Waals surface area contributed by atoms with Crippen molar-refractivity contribution in [3.8, 4) is 5.88 Å². The third-order valence-electron chi connectivity index (χ3n) is 2.19. The van der Waals surface area contributed by atoms with Crippen molar-refractivity contribution in [2.45, 2.75) is 12.7 Å². The Morgan fingerprint density at radius 1 is 1.53 bits per heavy atom. The van der Waals surface area contributed by atoms with E-state index in [1.54, 1.807) is 0 Å². The number of nitrogens with two attached hydrogens (primary N) is 1. The van der Waals surface area contributed by atoms with Crippen molar-refractivity contribution in [3.05, 3.63) is 22.5 Å². The fraction of sp³-hybridized carbons (Fsp3) is 0.556. The summed E-state index contributed by atoms with van der Waals surface area (Å²) in [6.45, 7) is -1.22. The highest BCUT2D eigenvalue weighted by Gasteiger charge is 2.39. The van der Waals surface area contributed by atoms with Crippen molar-refractivity contribution in [1.82, 2.24) is 9.78 Å². The van der Waals surface area contributed by atoms with E-state index in [4.69, 9.17) is 10.5 Å². The summed E-state index contributed by atoms with van der Waals surface area (Å²) in [5.74, 6) is -1.73. The molecule has 0 fully saturated rings. The summed E-state index contributed by atoms with van der Waals surface area (Å²) in [4.78, 5) is 11.3. The van der Waals surface area contributed by atoms with Crippen LogP contribution in [0.2, 0.25) is 0 Å². The molecule has 0 aliphatic carbocycles. The highest BCUT2D eigenvalue weighted by atomic mass is 19.4. The van der Waals surface area contributed by atoms with Crippen LogP contribution in [-0.2, 0) is 6.54 Å². The number of hydrogen-bond donors (Lipinski definition) is 1. The summed E-state index contributed by atoms with van der Waals surface area (Å²) in [7, 11) is 1.31. The Morgan fingerprint density at radius 2 is 2.18 bits per heavy atom. The fourth-order valence-corrected chi connectivity index (χ4v) is 1.19. The molecule has 8 heteroatoms. The van der Waals surface area contributed by atoms with Crippen molar-refractivity contribution in [3.63, 3.8) is 0 Å². The SMILES string of the molecule is COc1ccc(=O)n(CC(CN)C(F)(F)F)n1. The molecule has 1 aromatic rings. The predicted octanol–water partition coefficient (Wildman–Crippen LogP) is 0.389. The molecule has 0 saturated heterocycles. The van der Waals surface area contributed by atoms with Crippen LogP contribution >= 0.6 is 0 Å². The maximum Gasteiger partial charge on any atom is 0.394 e. The zero-order valence-corrected chi connectivity index (χ0v) is 9.07. The van der Waals surface area contributed by atoms with Crippen molar-refractivity contribution in [1.29, 1.82) is 0 Å². The van der Waals surface area contributed by atoms with Crippen LogP contribution in [0.5, 0.6) is 5.88 Å². The molecule has 0 aromatic carbocycles. The van der Waals surface area contributed by atoms with Crippen LogP contribution in [0.3, 0.4) is 0 Å². The van der Waals surface area contributed by atoms with Crippen LogP contribution in [0.4, 0.5) is 13.2 Å². The molecule has 0 radical (unpaired) electrons.